The quantitative estimate of drug-likeness (QED) is 0.630. The minimum Gasteiger partial charge on any atom is -0.357 e. The zero-order valence-corrected chi connectivity index (χ0v) is 13.0. The third kappa shape index (κ3) is 3.49. The van der Waals surface area contributed by atoms with Crippen molar-refractivity contribution in [3.8, 4) is 0 Å². The first kappa shape index (κ1) is 14.8. The normalized spacial score (nSPS) is 16.4. The van der Waals surface area contributed by atoms with Crippen molar-refractivity contribution in [1.29, 1.82) is 0 Å². The number of fused-ring (bicyclic) bond motifs is 1. The maximum atomic E-state index is 4.63. The Morgan fingerprint density at radius 1 is 1.35 bits per heavy atom. The van der Waals surface area contributed by atoms with Gasteiger partial charge in [-0.25, -0.2) is 4.99 Å². The summed E-state index contributed by atoms with van der Waals surface area (Å²) in [6, 6.07) is 0.386. The monoisotopic (exact) mass is 278 g/mol. The standard InChI is InChI=1S/C14H26N6/c1-5-15-14(17-11(4)10(2)3)16-9-13-19-18-12-7-6-8-20(12)13/h10-11H,5-9H2,1-4H3,(H2,15,16,17). The minimum atomic E-state index is 0.386. The first-order valence-electron chi connectivity index (χ1n) is 7.57. The number of aliphatic imine (C=N–C) groups is 1. The lowest BCUT2D eigenvalue weighted by molar-refractivity contribution is 0.480. The molecule has 6 nitrogen and oxygen atoms in total. The summed E-state index contributed by atoms with van der Waals surface area (Å²) in [6.07, 6.45) is 2.21. The number of aromatic nitrogens is 3. The molecule has 1 aromatic rings. The summed E-state index contributed by atoms with van der Waals surface area (Å²) in [7, 11) is 0. The van der Waals surface area contributed by atoms with Crippen molar-refractivity contribution in [2.75, 3.05) is 6.54 Å². The predicted octanol–water partition coefficient (Wildman–Crippen LogP) is 1.32. The first-order chi connectivity index (χ1) is 9.61. The number of rotatable bonds is 5. The molecular formula is C14H26N6. The van der Waals surface area contributed by atoms with Crippen LogP contribution in [0.1, 0.15) is 45.8 Å². The van der Waals surface area contributed by atoms with Gasteiger partial charge in [0.05, 0.1) is 0 Å². The molecule has 112 valence electrons. The fourth-order valence-corrected chi connectivity index (χ4v) is 2.18. The summed E-state index contributed by atoms with van der Waals surface area (Å²) in [6.45, 7) is 11.1. The molecule has 1 unspecified atom stereocenters. The SMILES string of the molecule is CCNC(=NCc1nnc2n1CCC2)NC(C)C(C)C. The molecule has 1 aliphatic rings. The van der Waals surface area contributed by atoms with E-state index >= 15 is 0 Å². The second-order valence-electron chi connectivity index (χ2n) is 5.66. The van der Waals surface area contributed by atoms with Gasteiger partial charge in [-0.15, -0.1) is 10.2 Å². The van der Waals surface area contributed by atoms with E-state index < -0.39 is 0 Å². The Kier molecular flexibility index (Phi) is 4.98. The van der Waals surface area contributed by atoms with Crippen molar-refractivity contribution in [3.05, 3.63) is 11.6 Å². The molecule has 2 rings (SSSR count). The maximum absolute atomic E-state index is 4.63. The van der Waals surface area contributed by atoms with Crippen molar-refractivity contribution in [3.63, 3.8) is 0 Å². The molecule has 0 spiro atoms. The van der Waals surface area contributed by atoms with Crippen molar-refractivity contribution in [1.82, 2.24) is 25.4 Å². The highest BCUT2D eigenvalue weighted by atomic mass is 15.3. The molecule has 0 saturated carbocycles. The van der Waals surface area contributed by atoms with Crippen LogP contribution in [0.25, 0.3) is 0 Å². The fourth-order valence-electron chi connectivity index (χ4n) is 2.18. The second-order valence-corrected chi connectivity index (χ2v) is 5.66. The molecule has 0 aliphatic carbocycles. The van der Waals surface area contributed by atoms with Gasteiger partial charge in [0.15, 0.2) is 11.8 Å². The van der Waals surface area contributed by atoms with Gasteiger partial charge < -0.3 is 15.2 Å². The van der Waals surface area contributed by atoms with Gasteiger partial charge in [-0.2, -0.15) is 0 Å². The van der Waals surface area contributed by atoms with Gasteiger partial charge in [0, 0.05) is 25.6 Å². The van der Waals surface area contributed by atoms with Gasteiger partial charge in [0.2, 0.25) is 0 Å². The van der Waals surface area contributed by atoms with Crippen LogP contribution in [0.2, 0.25) is 0 Å². The van der Waals surface area contributed by atoms with Crippen LogP contribution in [-0.2, 0) is 19.5 Å². The number of hydrogen-bond acceptors (Lipinski definition) is 3. The van der Waals surface area contributed by atoms with Crippen LogP contribution >= 0.6 is 0 Å². The molecule has 0 amide bonds. The summed E-state index contributed by atoms with van der Waals surface area (Å²) in [5.74, 6) is 3.48. The van der Waals surface area contributed by atoms with Gasteiger partial charge >= 0.3 is 0 Å². The smallest absolute Gasteiger partial charge is 0.191 e. The Bertz CT molecular complexity index is 462. The van der Waals surface area contributed by atoms with E-state index in [4.69, 9.17) is 0 Å². The first-order valence-corrected chi connectivity index (χ1v) is 7.57. The minimum absolute atomic E-state index is 0.386. The molecule has 1 atom stereocenters. The van der Waals surface area contributed by atoms with Gasteiger partial charge in [0.25, 0.3) is 0 Å². The average Bonchev–Trinajstić information content (AvgIpc) is 2.99. The van der Waals surface area contributed by atoms with Crippen LogP contribution in [0.4, 0.5) is 0 Å². The van der Waals surface area contributed by atoms with Crippen molar-refractivity contribution < 1.29 is 0 Å². The number of aryl methyl sites for hydroxylation is 1. The molecule has 6 heteroatoms. The highest BCUT2D eigenvalue weighted by Gasteiger charge is 2.17. The van der Waals surface area contributed by atoms with Gasteiger partial charge in [-0.3, -0.25) is 0 Å². The average molecular weight is 278 g/mol. The van der Waals surface area contributed by atoms with Crippen LogP contribution in [-0.4, -0.2) is 33.3 Å². The van der Waals surface area contributed by atoms with Gasteiger partial charge in [-0.1, -0.05) is 13.8 Å². The third-order valence-electron chi connectivity index (χ3n) is 3.77. The van der Waals surface area contributed by atoms with Gasteiger partial charge in [0.1, 0.15) is 12.4 Å². The molecule has 1 aromatic heterocycles. The van der Waals surface area contributed by atoms with Crippen LogP contribution < -0.4 is 10.6 Å². The Labute approximate surface area is 121 Å². The molecule has 2 heterocycles. The predicted molar refractivity (Wildman–Crippen MR) is 80.6 cm³/mol. The summed E-state index contributed by atoms with van der Waals surface area (Å²) >= 11 is 0. The summed E-state index contributed by atoms with van der Waals surface area (Å²) < 4.78 is 2.19. The highest BCUT2D eigenvalue weighted by molar-refractivity contribution is 5.80. The molecule has 0 bridgehead atoms. The van der Waals surface area contributed by atoms with E-state index in [1.54, 1.807) is 0 Å². The highest BCUT2D eigenvalue weighted by Crippen LogP contribution is 2.14. The second kappa shape index (κ2) is 6.72. The zero-order valence-electron chi connectivity index (χ0n) is 13.0. The molecule has 0 radical (unpaired) electrons. The van der Waals surface area contributed by atoms with E-state index in [1.165, 1.54) is 6.42 Å². The third-order valence-corrected chi connectivity index (χ3v) is 3.77. The molecule has 0 fully saturated rings. The topological polar surface area (TPSA) is 67.1 Å². The van der Waals surface area contributed by atoms with E-state index in [0.717, 1.165) is 37.1 Å². The molecule has 2 N–H and O–H groups in total. The Morgan fingerprint density at radius 3 is 2.85 bits per heavy atom. The fraction of sp³-hybridized carbons (Fsp3) is 0.786. The van der Waals surface area contributed by atoms with Crippen molar-refractivity contribution in [2.24, 2.45) is 10.9 Å². The van der Waals surface area contributed by atoms with E-state index in [0.29, 0.717) is 18.5 Å². The molecule has 0 aromatic carbocycles. The van der Waals surface area contributed by atoms with Crippen molar-refractivity contribution >= 4 is 5.96 Å². The maximum Gasteiger partial charge on any atom is 0.191 e. The van der Waals surface area contributed by atoms with Gasteiger partial charge in [-0.05, 0) is 26.2 Å². The number of nitrogens with zero attached hydrogens (tertiary/aromatic N) is 4. The van der Waals surface area contributed by atoms with Crippen LogP contribution in [0.3, 0.4) is 0 Å². The lowest BCUT2D eigenvalue weighted by Crippen LogP contribution is -2.44. The van der Waals surface area contributed by atoms with Crippen LogP contribution in [0, 0.1) is 5.92 Å². The van der Waals surface area contributed by atoms with E-state index in [2.05, 4.69) is 58.1 Å². The molecule has 20 heavy (non-hydrogen) atoms. The lowest BCUT2D eigenvalue weighted by atomic mass is 10.1. The Balaban J connectivity index is 2.01. The summed E-state index contributed by atoms with van der Waals surface area (Å²) in [4.78, 5) is 4.63. The van der Waals surface area contributed by atoms with Crippen LogP contribution in [0.15, 0.2) is 4.99 Å². The number of nitrogens with one attached hydrogen (secondary N) is 2. The Morgan fingerprint density at radius 2 is 2.15 bits per heavy atom. The molecular weight excluding hydrogens is 252 g/mol. The van der Waals surface area contributed by atoms with Crippen molar-refractivity contribution in [2.45, 2.75) is 59.7 Å². The summed E-state index contributed by atoms with van der Waals surface area (Å²) in [5.41, 5.74) is 0. The zero-order chi connectivity index (χ0) is 14.5. The number of hydrogen-bond donors (Lipinski definition) is 2. The van der Waals surface area contributed by atoms with E-state index in [9.17, 15) is 0 Å². The largest absolute Gasteiger partial charge is 0.357 e. The summed E-state index contributed by atoms with van der Waals surface area (Å²) in [5, 5.41) is 15.2. The molecule has 0 saturated heterocycles. The van der Waals surface area contributed by atoms with E-state index in [1.807, 2.05) is 0 Å². The lowest BCUT2D eigenvalue weighted by Gasteiger charge is -2.20. The molecule has 1 aliphatic heterocycles. The van der Waals surface area contributed by atoms with Crippen LogP contribution in [0.5, 0.6) is 0 Å². The Hall–Kier alpha value is -1.59. The number of guanidine groups is 1. The van der Waals surface area contributed by atoms with E-state index in [-0.39, 0.29) is 0 Å².